The van der Waals surface area contributed by atoms with Gasteiger partial charge in [-0.1, -0.05) is 29.8 Å². The zero-order valence-electron chi connectivity index (χ0n) is 11.5. The van der Waals surface area contributed by atoms with E-state index in [0.29, 0.717) is 17.1 Å². The van der Waals surface area contributed by atoms with Gasteiger partial charge in [-0.05, 0) is 12.1 Å². The molecule has 1 aromatic heterocycles. The molecule has 112 valence electrons. The van der Waals surface area contributed by atoms with E-state index in [1.807, 2.05) is 13.8 Å². The SMILES string of the molecule is CC(C)NCc1cnc(Oc2cc(Br)cc(F)c2F)cn1. The zero-order valence-corrected chi connectivity index (χ0v) is 13.1. The van der Waals surface area contributed by atoms with E-state index in [1.54, 1.807) is 0 Å². The van der Waals surface area contributed by atoms with Gasteiger partial charge in [0.25, 0.3) is 0 Å². The second-order valence-corrected chi connectivity index (χ2v) is 5.60. The van der Waals surface area contributed by atoms with Gasteiger partial charge in [-0.3, -0.25) is 4.98 Å². The summed E-state index contributed by atoms with van der Waals surface area (Å²) in [6.45, 7) is 4.62. The molecule has 0 atom stereocenters. The molecule has 0 fully saturated rings. The third-order valence-electron chi connectivity index (χ3n) is 2.55. The predicted molar refractivity (Wildman–Crippen MR) is 78.1 cm³/mol. The maximum Gasteiger partial charge on any atom is 0.237 e. The standard InChI is InChI=1S/C14H14BrF2N3O/c1-8(2)18-5-10-6-20-13(7-19-10)21-12-4-9(15)3-11(16)14(12)17/h3-4,6-8,18H,5H2,1-2H3. The Kier molecular flexibility index (Phi) is 5.19. The molecule has 0 amide bonds. The Balaban J connectivity index is 2.10. The van der Waals surface area contributed by atoms with Crippen LogP contribution in [0.2, 0.25) is 0 Å². The van der Waals surface area contributed by atoms with Crippen molar-refractivity contribution in [2.75, 3.05) is 0 Å². The highest BCUT2D eigenvalue weighted by atomic mass is 79.9. The maximum atomic E-state index is 13.6. The van der Waals surface area contributed by atoms with Gasteiger partial charge in [-0.15, -0.1) is 0 Å². The summed E-state index contributed by atoms with van der Waals surface area (Å²) >= 11 is 3.08. The van der Waals surface area contributed by atoms with E-state index >= 15 is 0 Å². The van der Waals surface area contributed by atoms with Gasteiger partial charge in [0, 0.05) is 17.1 Å². The molecule has 1 heterocycles. The first-order chi connectivity index (χ1) is 9.95. The van der Waals surface area contributed by atoms with Gasteiger partial charge in [0.05, 0.1) is 18.1 Å². The quantitative estimate of drug-likeness (QED) is 0.826. The molecule has 0 saturated carbocycles. The Morgan fingerprint density at radius 3 is 2.62 bits per heavy atom. The van der Waals surface area contributed by atoms with Gasteiger partial charge in [0.2, 0.25) is 11.7 Å². The molecule has 2 aromatic rings. The largest absolute Gasteiger partial charge is 0.434 e. The van der Waals surface area contributed by atoms with Gasteiger partial charge in [-0.2, -0.15) is 4.39 Å². The van der Waals surface area contributed by atoms with Crippen LogP contribution in [0.3, 0.4) is 0 Å². The zero-order chi connectivity index (χ0) is 15.4. The average Bonchev–Trinajstić information content (AvgIpc) is 2.43. The molecular weight excluding hydrogens is 344 g/mol. The van der Waals surface area contributed by atoms with E-state index in [9.17, 15) is 8.78 Å². The number of hydrogen-bond acceptors (Lipinski definition) is 4. The fraction of sp³-hybridized carbons (Fsp3) is 0.286. The lowest BCUT2D eigenvalue weighted by atomic mass is 10.3. The summed E-state index contributed by atoms with van der Waals surface area (Å²) in [6, 6.07) is 2.68. The number of halogens is 3. The minimum absolute atomic E-state index is 0.0969. The van der Waals surface area contributed by atoms with Crippen molar-refractivity contribution in [2.45, 2.75) is 26.4 Å². The fourth-order valence-electron chi connectivity index (χ4n) is 1.51. The summed E-state index contributed by atoms with van der Waals surface area (Å²) in [4.78, 5) is 8.17. The summed E-state index contributed by atoms with van der Waals surface area (Å²) < 4.78 is 32.4. The topological polar surface area (TPSA) is 47.0 Å². The molecule has 0 aliphatic heterocycles. The molecule has 21 heavy (non-hydrogen) atoms. The molecular formula is C14H14BrF2N3O. The normalized spacial score (nSPS) is 11.0. The lowest BCUT2D eigenvalue weighted by Crippen LogP contribution is -2.22. The summed E-state index contributed by atoms with van der Waals surface area (Å²) in [6.07, 6.45) is 2.90. The first-order valence-electron chi connectivity index (χ1n) is 6.32. The Labute approximate surface area is 129 Å². The van der Waals surface area contributed by atoms with Gasteiger partial charge in [0.1, 0.15) is 0 Å². The third kappa shape index (κ3) is 4.44. The molecule has 7 heteroatoms. The fourth-order valence-corrected chi connectivity index (χ4v) is 1.92. The minimum atomic E-state index is -1.06. The van der Waals surface area contributed by atoms with E-state index < -0.39 is 11.6 Å². The summed E-state index contributed by atoms with van der Waals surface area (Å²) in [5, 5.41) is 3.20. The van der Waals surface area contributed by atoms with Crippen molar-refractivity contribution in [1.29, 1.82) is 0 Å². The molecule has 2 rings (SSSR count). The maximum absolute atomic E-state index is 13.6. The second-order valence-electron chi connectivity index (χ2n) is 4.68. The van der Waals surface area contributed by atoms with Crippen molar-refractivity contribution < 1.29 is 13.5 Å². The molecule has 0 unspecified atom stereocenters. The van der Waals surface area contributed by atoms with Gasteiger partial charge in [-0.25, -0.2) is 9.37 Å². The van der Waals surface area contributed by atoms with Crippen LogP contribution in [-0.4, -0.2) is 16.0 Å². The number of nitrogens with zero attached hydrogens (tertiary/aromatic N) is 2. The highest BCUT2D eigenvalue weighted by molar-refractivity contribution is 9.10. The second kappa shape index (κ2) is 6.91. The van der Waals surface area contributed by atoms with Crippen LogP contribution in [0, 0.1) is 11.6 Å². The van der Waals surface area contributed by atoms with Crippen molar-refractivity contribution in [3.8, 4) is 11.6 Å². The lowest BCUT2D eigenvalue weighted by molar-refractivity contribution is 0.402. The molecule has 4 nitrogen and oxygen atoms in total. The number of benzene rings is 1. The van der Waals surface area contributed by atoms with Crippen LogP contribution >= 0.6 is 15.9 Å². The number of rotatable bonds is 5. The Hall–Kier alpha value is -1.60. The van der Waals surface area contributed by atoms with Crippen molar-refractivity contribution in [2.24, 2.45) is 0 Å². The van der Waals surface area contributed by atoms with Crippen LogP contribution in [0.4, 0.5) is 8.78 Å². The molecule has 0 bridgehead atoms. The van der Waals surface area contributed by atoms with Crippen LogP contribution in [0.1, 0.15) is 19.5 Å². The van der Waals surface area contributed by atoms with Crippen molar-refractivity contribution in [3.05, 3.63) is 46.3 Å². The van der Waals surface area contributed by atoms with Gasteiger partial charge in [0.15, 0.2) is 11.6 Å². The minimum Gasteiger partial charge on any atom is -0.434 e. The Morgan fingerprint density at radius 1 is 1.24 bits per heavy atom. The van der Waals surface area contributed by atoms with E-state index in [1.165, 1.54) is 18.5 Å². The van der Waals surface area contributed by atoms with E-state index in [4.69, 9.17) is 4.74 Å². The molecule has 0 aliphatic carbocycles. The van der Waals surface area contributed by atoms with E-state index in [2.05, 4.69) is 31.2 Å². The average molecular weight is 358 g/mol. The van der Waals surface area contributed by atoms with E-state index in [0.717, 1.165) is 11.8 Å². The summed E-state index contributed by atoms with van der Waals surface area (Å²) in [7, 11) is 0. The molecule has 0 saturated heterocycles. The molecule has 1 aromatic carbocycles. The third-order valence-corrected chi connectivity index (χ3v) is 3.01. The number of nitrogens with one attached hydrogen (secondary N) is 1. The van der Waals surface area contributed by atoms with Crippen molar-refractivity contribution in [1.82, 2.24) is 15.3 Å². The Bertz CT molecular complexity index is 620. The monoisotopic (exact) mass is 357 g/mol. The van der Waals surface area contributed by atoms with Crippen LogP contribution in [0.25, 0.3) is 0 Å². The summed E-state index contributed by atoms with van der Waals surface area (Å²) in [5.74, 6) is -2.21. The van der Waals surface area contributed by atoms with Crippen LogP contribution in [0.5, 0.6) is 11.6 Å². The van der Waals surface area contributed by atoms with Gasteiger partial charge < -0.3 is 10.1 Å². The van der Waals surface area contributed by atoms with Crippen LogP contribution in [-0.2, 0) is 6.54 Å². The first-order valence-corrected chi connectivity index (χ1v) is 7.11. The molecule has 0 aliphatic rings. The molecule has 1 N–H and O–H groups in total. The van der Waals surface area contributed by atoms with Crippen LogP contribution in [0.15, 0.2) is 29.0 Å². The highest BCUT2D eigenvalue weighted by Crippen LogP contribution is 2.28. The van der Waals surface area contributed by atoms with Crippen molar-refractivity contribution >= 4 is 15.9 Å². The van der Waals surface area contributed by atoms with Crippen molar-refractivity contribution in [3.63, 3.8) is 0 Å². The first kappa shape index (κ1) is 15.8. The van der Waals surface area contributed by atoms with Crippen LogP contribution < -0.4 is 10.1 Å². The lowest BCUT2D eigenvalue weighted by Gasteiger charge is -2.09. The number of hydrogen-bond donors (Lipinski definition) is 1. The molecule has 0 spiro atoms. The predicted octanol–water partition coefficient (Wildman–Crippen LogP) is 3.81. The van der Waals surface area contributed by atoms with Gasteiger partial charge >= 0.3 is 0 Å². The Morgan fingerprint density at radius 2 is 2.00 bits per heavy atom. The van der Waals surface area contributed by atoms with E-state index in [-0.39, 0.29) is 11.6 Å². The number of ether oxygens (including phenoxy) is 1. The summed E-state index contributed by atoms with van der Waals surface area (Å²) in [5.41, 5.74) is 0.733. The molecule has 0 radical (unpaired) electrons. The smallest absolute Gasteiger partial charge is 0.237 e. The highest BCUT2D eigenvalue weighted by Gasteiger charge is 2.13. The number of aromatic nitrogens is 2.